The molecule has 1 atom stereocenters. The maximum Gasteiger partial charge on any atom is 0.129 e. The van der Waals surface area contributed by atoms with Gasteiger partial charge in [-0.25, -0.2) is 0 Å². The number of rotatable bonds is 1. The summed E-state index contributed by atoms with van der Waals surface area (Å²) >= 11 is 0. The highest BCUT2D eigenvalue weighted by Crippen LogP contribution is 2.37. The summed E-state index contributed by atoms with van der Waals surface area (Å²) in [5.41, 5.74) is 2.01. The summed E-state index contributed by atoms with van der Waals surface area (Å²) in [6.07, 6.45) is 1.60. The maximum atomic E-state index is 9.67. The van der Waals surface area contributed by atoms with E-state index in [0.717, 1.165) is 24.2 Å². The van der Waals surface area contributed by atoms with E-state index < -0.39 is 6.10 Å². The zero-order chi connectivity index (χ0) is 11.1. The molecular formula is C13H18O2. The minimum atomic E-state index is -0.464. The van der Waals surface area contributed by atoms with E-state index >= 15 is 0 Å². The Kier molecular flexibility index (Phi) is 2.47. The molecule has 1 heterocycles. The number of para-hydroxylation sites is 1. The molecule has 82 valence electrons. The maximum absolute atomic E-state index is 9.67. The number of hydrogen-bond donors (Lipinski definition) is 1. The largest absolute Gasteiger partial charge is 0.487 e. The molecule has 2 nitrogen and oxygen atoms in total. The first-order valence-electron chi connectivity index (χ1n) is 5.48. The SMILES string of the molecule is CC(O)c1cccc2c1OC(C)(C)CC2. The molecule has 1 unspecified atom stereocenters. The molecule has 0 fully saturated rings. The predicted molar refractivity (Wildman–Crippen MR) is 60.1 cm³/mol. The number of aryl methyl sites for hydroxylation is 1. The van der Waals surface area contributed by atoms with E-state index in [0.29, 0.717) is 0 Å². The molecule has 1 aliphatic rings. The van der Waals surface area contributed by atoms with Crippen molar-refractivity contribution in [3.63, 3.8) is 0 Å². The van der Waals surface area contributed by atoms with Gasteiger partial charge in [0.2, 0.25) is 0 Å². The lowest BCUT2D eigenvalue weighted by Gasteiger charge is -2.34. The van der Waals surface area contributed by atoms with Crippen molar-refractivity contribution in [2.75, 3.05) is 0 Å². The Bertz CT molecular complexity index is 367. The van der Waals surface area contributed by atoms with Gasteiger partial charge in [0.25, 0.3) is 0 Å². The van der Waals surface area contributed by atoms with Gasteiger partial charge in [-0.3, -0.25) is 0 Å². The second-order valence-electron chi connectivity index (χ2n) is 4.87. The summed E-state index contributed by atoms with van der Waals surface area (Å²) < 4.78 is 5.95. The van der Waals surface area contributed by atoms with Gasteiger partial charge in [0.05, 0.1) is 6.10 Å². The molecule has 0 saturated heterocycles. The molecule has 2 rings (SSSR count). The van der Waals surface area contributed by atoms with E-state index in [4.69, 9.17) is 4.74 Å². The Hall–Kier alpha value is -1.02. The zero-order valence-corrected chi connectivity index (χ0v) is 9.58. The van der Waals surface area contributed by atoms with Crippen molar-refractivity contribution in [1.82, 2.24) is 0 Å². The first-order valence-corrected chi connectivity index (χ1v) is 5.48. The molecule has 0 radical (unpaired) electrons. The van der Waals surface area contributed by atoms with Gasteiger partial charge in [0.15, 0.2) is 0 Å². The fourth-order valence-electron chi connectivity index (χ4n) is 2.02. The minimum absolute atomic E-state index is 0.113. The first-order chi connectivity index (χ1) is 6.99. The molecule has 1 N–H and O–H groups in total. The summed E-state index contributed by atoms with van der Waals surface area (Å²) in [5.74, 6) is 0.892. The quantitative estimate of drug-likeness (QED) is 0.765. The van der Waals surface area contributed by atoms with E-state index in [-0.39, 0.29) is 5.60 Å². The summed E-state index contributed by atoms with van der Waals surface area (Å²) in [5, 5.41) is 9.67. The highest BCUT2D eigenvalue weighted by molar-refractivity contribution is 5.44. The van der Waals surface area contributed by atoms with Gasteiger partial charge in [-0.05, 0) is 39.2 Å². The smallest absolute Gasteiger partial charge is 0.129 e. The van der Waals surface area contributed by atoms with E-state index in [1.165, 1.54) is 5.56 Å². The Morgan fingerprint density at radius 1 is 1.40 bits per heavy atom. The topological polar surface area (TPSA) is 29.5 Å². The van der Waals surface area contributed by atoms with Crippen molar-refractivity contribution in [3.05, 3.63) is 29.3 Å². The number of hydrogen-bond acceptors (Lipinski definition) is 2. The van der Waals surface area contributed by atoms with Crippen LogP contribution in [-0.4, -0.2) is 10.7 Å². The van der Waals surface area contributed by atoms with Crippen LogP contribution in [-0.2, 0) is 6.42 Å². The molecule has 0 saturated carbocycles. The van der Waals surface area contributed by atoms with Gasteiger partial charge in [-0.2, -0.15) is 0 Å². The van der Waals surface area contributed by atoms with E-state index in [9.17, 15) is 5.11 Å². The van der Waals surface area contributed by atoms with Crippen molar-refractivity contribution >= 4 is 0 Å². The molecule has 0 aromatic heterocycles. The van der Waals surface area contributed by atoms with Crippen LogP contribution in [0.2, 0.25) is 0 Å². The molecule has 0 aliphatic carbocycles. The molecule has 15 heavy (non-hydrogen) atoms. The third-order valence-corrected chi connectivity index (χ3v) is 2.95. The van der Waals surface area contributed by atoms with Crippen LogP contribution in [0.25, 0.3) is 0 Å². The van der Waals surface area contributed by atoms with Crippen LogP contribution in [0.5, 0.6) is 5.75 Å². The number of aliphatic hydroxyl groups is 1. The Morgan fingerprint density at radius 2 is 2.13 bits per heavy atom. The van der Waals surface area contributed by atoms with Crippen LogP contribution in [0, 0.1) is 0 Å². The van der Waals surface area contributed by atoms with Crippen LogP contribution < -0.4 is 4.74 Å². The average molecular weight is 206 g/mol. The van der Waals surface area contributed by atoms with Crippen LogP contribution in [0.4, 0.5) is 0 Å². The molecule has 1 aromatic carbocycles. The molecule has 1 aromatic rings. The highest BCUT2D eigenvalue weighted by Gasteiger charge is 2.28. The van der Waals surface area contributed by atoms with E-state index in [2.05, 4.69) is 19.9 Å². The van der Waals surface area contributed by atoms with Crippen LogP contribution in [0.15, 0.2) is 18.2 Å². The normalized spacial score (nSPS) is 20.3. The fourth-order valence-corrected chi connectivity index (χ4v) is 2.02. The van der Waals surface area contributed by atoms with Crippen molar-refractivity contribution in [1.29, 1.82) is 0 Å². The third kappa shape index (κ3) is 2.00. The zero-order valence-electron chi connectivity index (χ0n) is 9.58. The number of fused-ring (bicyclic) bond motifs is 1. The number of ether oxygens (including phenoxy) is 1. The minimum Gasteiger partial charge on any atom is -0.487 e. The Balaban J connectivity index is 2.45. The van der Waals surface area contributed by atoms with Gasteiger partial charge in [-0.15, -0.1) is 0 Å². The van der Waals surface area contributed by atoms with Crippen LogP contribution >= 0.6 is 0 Å². The van der Waals surface area contributed by atoms with Gasteiger partial charge >= 0.3 is 0 Å². The summed E-state index contributed by atoms with van der Waals surface area (Å²) in [6, 6.07) is 6.00. The molecule has 2 heteroatoms. The third-order valence-electron chi connectivity index (χ3n) is 2.95. The molecule has 1 aliphatic heterocycles. The summed E-state index contributed by atoms with van der Waals surface area (Å²) in [4.78, 5) is 0. The van der Waals surface area contributed by atoms with Gasteiger partial charge in [-0.1, -0.05) is 18.2 Å². The van der Waals surface area contributed by atoms with Crippen molar-refractivity contribution in [2.24, 2.45) is 0 Å². The first kappa shape index (κ1) is 10.5. The van der Waals surface area contributed by atoms with Crippen molar-refractivity contribution in [3.8, 4) is 5.75 Å². The predicted octanol–water partition coefficient (Wildman–Crippen LogP) is 2.84. The van der Waals surface area contributed by atoms with Gasteiger partial charge < -0.3 is 9.84 Å². The van der Waals surface area contributed by atoms with Crippen molar-refractivity contribution < 1.29 is 9.84 Å². The second-order valence-corrected chi connectivity index (χ2v) is 4.87. The van der Waals surface area contributed by atoms with Gasteiger partial charge in [0.1, 0.15) is 11.4 Å². The van der Waals surface area contributed by atoms with E-state index in [1.54, 1.807) is 6.92 Å². The van der Waals surface area contributed by atoms with Crippen molar-refractivity contribution in [2.45, 2.75) is 45.3 Å². The van der Waals surface area contributed by atoms with Gasteiger partial charge in [0, 0.05) is 5.56 Å². The lowest BCUT2D eigenvalue weighted by Crippen LogP contribution is -2.33. The standard InChI is InChI=1S/C13H18O2/c1-9(14)11-6-4-5-10-7-8-13(2,3)15-12(10)11/h4-6,9,14H,7-8H2,1-3H3. The monoisotopic (exact) mass is 206 g/mol. The summed E-state index contributed by atoms with van der Waals surface area (Å²) in [6.45, 7) is 5.96. The number of aliphatic hydroxyl groups excluding tert-OH is 1. The average Bonchev–Trinajstić information content (AvgIpc) is 2.15. The molecule has 0 spiro atoms. The van der Waals surface area contributed by atoms with Crippen LogP contribution in [0.1, 0.15) is 44.4 Å². The van der Waals surface area contributed by atoms with E-state index in [1.807, 2.05) is 12.1 Å². The fraction of sp³-hybridized carbons (Fsp3) is 0.538. The lowest BCUT2D eigenvalue weighted by atomic mass is 9.92. The van der Waals surface area contributed by atoms with Crippen LogP contribution in [0.3, 0.4) is 0 Å². The molecular weight excluding hydrogens is 188 g/mol. The molecule has 0 amide bonds. The second kappa shape index (κ2) is 3.53. The Morgan fingerprint density at radius 3 is 2.80 bits per heavy atom. The number of benzene rings is 1. The Labute approximate surface area is 90.9 Å². The lowest BCUT2D eigenvalue weighted by molar-refractivity contribution is 0.0782. The highest BCUT2D eigenvalue weighted by atomic mass is 16.5. The summed E-state index contributed by atoms with van der Waals surface area (Å²) in [7, 11) is 0. The molecule has 0 bridgehead atoms.